The van der Waals surface area contributed by atoms with Gasteiger partial charge >= 0.3 is 0 Å². The summed E-state index contributed by atoms with van der Waals surface area (Å²) in [6.07, 6.45) is 4.04. The van der Waals surface area contributed by atoms with E-state index in [4.69, 9.17) is 0 Å². The van der Waals surface area contributed by atoms with Crippen molar-refractivity contribution < 1.29 is 0 Å². The molecule has 0 saturated carbocycles. The number of hydrogen-bond acceptors (Lipinski definition) is 3. The number of aromatic nitrogens is 2. The molecule has 0 aliphatic carbocycles. The highest BCUT2D eigenvalue weighted by molar-refractivity contribution is 5.07. The molecule has 1 saturated heterocycles. The van der Waals surface area contributed by atoms with Crippen molar-refractivity contribution in [3.05, 3.63) is 23.8 Å². The second-order valence-corrected chi connectivity index (χ2v) is 3.45. The van der Waals surface area contributed by atoms with Gasteiger partial charge in [-0.25, -0.2) is 9.97 Å². The van der Waals surface area contributed by atoms with Crippen LogP contribution in [0.4, 0.5) is 0 Å². The fraction of sp³-hybridized carbons (Fsp3) is 0.600. The van der Waals surface area contributed by atoms with Gasteiger partial charge in [0.2, 0.25) is 0 Å². The van der Waals surface area contributed by atoms with E-state index in [1.807, 2.05) is 12.3 Å². The van der Waals surface area contributed by atoms with E-state index < -0.39 is 0 Å². The Morgan fingerprint density at radius 3 is 3.23 bits per heavy atom. The normalized spacial score (nSPS) is 22.1. The van der Waals surface area contributed by atoms with Crippen molar-refractivity contribution in [1.29, 1.82) is 0 Å². The summed E-state index contributed by atoms with van der Waals surface area (Å²) in [6.45, 7) is 4.26. The molecule has 3 nitrogen and oxygen atoms in total. The van der Waals surface area contributed by atoms with E-state index in [9.17, 15) is 0 Å². The minimum Gasteiger partial charge on any atom is -0.316 e. The predicted octanol–water partition coefficient (Wildman–Crippen LogP) is 1.12. The first kappa shape index (κ1) is 8.63. The molecule has 0 bridgehead atoms. The summed E-state index contributed by atoms with van der Waals surface area (Å²) in [6, 6.07) is 1.99. The molecule has 2 rings (SSSR count). The minimum atomic E-state index is 0.534. The molecule has 1 N–H and O–H groups in total. The Morgan fingerprint density at radius 2 is 2.54 bits per heavy atom. The molecule has 1 atom stereocenters. The zero-order valence-corrected chi connectivity index (χ0v) is 7.95. The number of rotatable bonds is 2. The number of aryl methyl sites for hydroxylation is 1. The summed E-state index contributed by atoms with van der Waals surface area (Å²) in [5.41, 5.74) is 1.15. The topological polar surface area (TPSA) is 37.8 Å². The summed E-state index contributed by atoms with van der Waals surface area (Å²) in [4.78, 5) is 8.84. The quantitative estimate of drug-likeness (QED) is 0.735. The first-order valence-corrected chi connectivity index (χ1v) is 4.92. The van der Waals surface area contributed by atoms with Crippen LogP contribution >= 0.6 is 0 Å². The largest absolute Gasteiger partial charge is 0.316 e. The van der Waals surface area contributed by atoms with Crippen LogP contribution in [0.5, 0.6) is 0 Å². The van der Waals surface area contributed by atoms with Crippen molar-refractivity contribution >= 4 is 0 Å². The van der Waals surface area contributed by atoms with Gasteiger partial charge in [-0.05, 0) is 25.5 Å². The Morgan fingerprint density at radius 1 is 1.62 bits per heavy atom. The maximum atomic E-state index is 4.52. The molecule has 13 heavy (non-hydrogen) atoms. The molecule has 1 aliphatic rings. The van der Waals surface area contributed by atoms with Gasteiger partial charge in [-0.3, -0.25) is 0 Å². The van der Waals surface area contributed by atoms with Crippen LogP contribution in [-0.2, 0) is 6.42 Å². The third-order valence-electron chi connectivity index (χ3n) is 2.52. The average Bonchev–Trinajstić information content (AvgIpc) is 2.71. The van der Waals surface area contributed by atoms with Crippen molar-refractivity contribution in [3.63, 3.8) is 0 Å². The fourth-order valence-corrected chi connectivity index (χ4v) is 1.68. The summed E-state index contributed by atoms with van der Waals surface area (Å²) in [7, 11) is 0. The molecule has 1 unspecified atom stereocenters. The summed E-state index contributed by atoms with van der Waals surface area (Å²) < 4.78 is 0. The van der Waals surface area contributed by atoms with E-state index in [0.717, 1.165) is 31.0 Å². The highest BCUT2D eigenvalue weighted by Gasteiger charge is 2.18. The molecule has 1 aromatic heterocycles. The molecule has 1 aliphatic heterocycles. The van der Waals surface area contributed by atoms with E-state index in [1.165, 1.54) is 6.42 Å². The second kappa shape index (κ2) is 3.83. The fourth-order valence-electron chi connectivity index (χ4n) is 1.68. The van der Waals surface area contributed by atoms with Crippen LogP contribution in [0.3, 0.4) is 0 Å². The van der Waals surface area contributed by atoms with Crippen LogP contribution in [0, 0.1) is 0 Å². The first-order chi connectivity index (χ1) is 6.40. The Kier molecular flexibility index (Phi) is 2.54. The number of hydrogen-bond donors (Lipinski definition) is 1. The van der Waals surface area contributed by atoms with Crippen LogP contribution in [0.15, 0.2) is 12.3 Å². The van der Waals surface area contributed by atoms with Gasteiger partial charge in [0.05, 0.1) is 0 Å². The van der Waals surface area contributed by atoms with Gasteiger partial charge in [0.25, 0.3) is 0 Å². The first-order valence-electron chi connectivity index (χ1n) is 4.92. The van der Waals surface area contributed by atoms with Crippen LogP contribution < -0.4 is 5.32 Å². The minimum absolute atomic E-state index is 0.534. The molecule has 0 amide bonds. The molecule has 0 spiro atoms. The standard InChI is InChI=1S/C10H15N3/c1-2-9-4-6-12-10(13-9)8-3-5-11-7-8/h4,6,8,11H,2-3,5,7H2,1H3. The lowest BCUT2D eigenvalue weighted by atomic mass is 10.1. The Bertz CT molecular complexity index is 279. The van der Waals surface area contributed by atoms with E-state index in [0.29, 0.717) is 5.92 Å². The van der Waals surface area contributed by atoms with Crippen molar-refractivity contribution in [3.8, 4) is 0 Å². The van der Waals surface area contributed by atoms with Crippen molar-refractivity contribution in [2.45, 2.75) is 25.7 Å². The summed E-state index contributed by atoms with van der Waals surface area (Å²) in [5, 5.41) is 3.33. The Labute approximate surface area is 78.6 Å². The highest BCUT2D eigenvalue weighted by Crippen LogP contribution is 2.18. The Balaban J connectivity index is 2.18. The van der Waals surface area contributed by atoms with Gasteiger partial charge in [0, 0.05) is 24.4 Å². The van der Waals surface area contributed by atoms with Gasteiger partial charge in [-0.1, -0.05) is 6.92 Å². The summed E-state index contributed by atoms with van der Waals surface area (Å²) in [5.74, 6) is 1.55. The predicted molar refractivity (Wildman–Crippen MR) is 51.6 cm³/mol. The van der Waals surface area contributed by atoms with E-state index in [-0.39, 0.29) is 0 Å². The third-order valence-corrected chi connectivity index (χ3v) is 2.52. The van der Waals surface area contributed by atoms with Gasteiger partial charge in [-0.15, -0.1) is 0 Å². The zero-order valence-electron chi connectivity index (χ0n) is 7.95. The van der Waals surface area contributed by atoms with Crippen LogP contribution in [0.2, 0.25) is 0 Å². The van der Waals surface area contributed by atoms with Crippen LogP contribution in [0.1, 0.15) is 30.8 Å². The maximum absolute atomic E-state index is 4.52. The molecule has 2 heterocycles. The SMILES string of the molecule is CCc1ccnc(C2CCNC2)n1. The number of nitrogens with one attached hydrogen (secondary N) is 1. The molecular weight excluding hydrogens is 162 g/mol. The molecule has 1 fully saturated rings. The maximum Gasteiger partial charge on any atom is 0.132 e. The van der Waals surface area contributed by atoms with E-state index >= 15 is 0 Å². The monoisotopic (exact) mass is 177 g/mol. The molecule has 0 aromatic carbocycles. The Hall–Kier alpha value is -0.960. The molecule has 70 valence electrons. The molecular formula is C10H15N3. The zero-order chi connectivity index (χ0) is 9.10. The third kappa shape index (κ3) is 1.86. The van der Waals surface area contributed by atoms with Crippen LogP contribution in [0.25, 0.3) is 0 Å². The highest BCUT2D eigenvalue weighted by atomic mass is 15.0. The second-order valence-electron chi connectivity index (χ2n) is 3.45. The molecule has 0 radical (unpaired) electrons. The van der Waals surface area contributed by atoms with Gasteiger partial charge < -0.3 is 5.32 Å². The lowest BCUT2D eigenvalue weighted by Crippen LogP contribution is -2.10. The molecule has 1 aromatic rings. The van der Waals surface area contributed by atoms with Crippen molar-refractivity contribution in [2.75, 3.05) is 13.1 Å². The molecule has 3 heteroatoms. The van der Waals surface area contributed by atoms with Crippen molar-refractivity contribution in [2.24, 2.45) is 0 Å². The van der Waals surface area contributed by atoms with Gasteiger partial charge in [0.15, 0.2) is 0 Å². The smallest absolute Gasteiger partial charge is 0.132 e. The average molecular weight is 177 g/mol. The van der Waals surface area contributed by atoms with Crippen molar-refractivity contribution in [1.82, 2.24) is 15.3 Å². The summed E-state index contributed by atoms with van der Waals surface area (Å²) >= 11 is 0. The van der Waals surface area contributed by atoms with Gasteiger partial charge in [-0.2, -0.15) is 0 Å². The number of nitrogens with zero attached hydrogens (tertiary/aromatic N) is 2. The lowest BCUT2D eigenvalue weighted by molar-refractivity contribution is 0.693. The lowest BCUT2D eigenvalue weighted by Gasteiger charge is -2.06. The van der Waals surface area contributed by atoms with Gasteiger partial charge in [0.1, 0.15) is 5.82 Å². The van der Waals surface area contributed by atoms with E-state index in [1.54, 1.807) is 0 Å². The van der Waals surface area contributed by atoms with E-state index in [2.05, 4.69) is 22.2 Å². The van der Waals surface area contributed by atoms with Crippen LogP contribution in [-0.4, -0.2) is 23.1 Å².